The second kappa shape index (κ2) is 13.7. The molecule has 0 amide bonds. The first-order chi connectivity index (χ1) is 27.3. The van der Waals surface area contributed by atoms with Gasteiger partial charge in [-0.15, -0.1) is 0 Å². The fourth-order valence-corrected chi connectivity index (χ4v) is 61.5. The first-order valence-corrected chi connectivity index (χ1v) is 34.4. The Balaban J connectivity index is 1.23. The van der Waals surface area contributed by atoms with Gasteiger partial charge in [-0.3, -0.25) is 0 Å². The Morgan fingerprint density at radius 1 is 0.482 bits per heavy atom. The third-order valence-electron chi connectivity index (χ3n) is 12.3. The molecule has 271 valence electrons. The Labute approximate surface area is 337 Å². The molecule has 6 heteroatoms. The second-order valence-electron chi connectivity index (χ2n) is 15.6. The summed E-state index contributed by atoms with van der Waals surface area (Å²) in [5.74, 6) is -2.41. The van der Waals surface area contributed by atoms with Gasteiger partial charge >= 0.3 is 340 Å². The molecule has 2 aromatic heterocycles. The first kappa shape index (κ1) is 35.7. The van der Waals surface area contributed by atoms with Gasteiger partial charge in [-0.25, -0.2) is 0 Å². The van der Waals surface area contributed by atoms with E-state index in [-0.39, 0.29) is 7.25 Å². The molecule has 0 saturated carbocycles. The molecule has 0 N–H and O–H groups in total. The van der Waals surface area contributed by atoms with Crippen LogP contribution in [-0.2, 0) is 15.6 Å². The molecule has 8 aromatic rings. The van der Waals surface area contributed by atoms with Crippen molar-refractivity contribution in [2.45, 2.75) is 21.1 Å². The van der Waals surface area contributed by atoms with Crippen molar-refractivity contribution in [3.05, 3.63) is 204 Å². The number of pyridine rings is 2. The molecule has 6 aromatic carbocycles. The van der Waals surface area contributed by atoms with Gasteiger partial charge in [0.05, 0.1) is 0 Å². The van der Waals surface area contributed by atoms with Gasteiger partial charge in [0, 0.05) is 0 Å². The summed E-state index contributed by atoms with van der Waals surface area (Å²) in [4.78, 5) is 9.75. The van der Waals surface area contributed by atoms with Crippen LogP contribution in [0.4, 0.5) is 0 Å². The van der Waals surface area contributed by atoms with E-state index >= 15 is 0 Å². The summed E-state index contributed by atoms with van der Waals surface area (Å²) in [6.45, 7) is 4.55. The molecule has 2 heterocycles. The standard InChI is InChI=1S/2C19H14N.C12H11Si.2ClH.Zr/c2*1-13-9-14-6-4-7-17(18(14)10-13)16-11-15-5-2-3-8-19(15)20-12-16;1-3-7-11(8-4-1)13-12-9-5-2-6-10-12;;;/h2*2-12H,1H3;1-10,13H;2*1H;/q;;;;;+2/p-2. The molecule has 2 aliphatic carbocycles. The van der Waals surface area contributed by atoms with Crippen molar-refractivity contribution >= 4 is 67.3 Å². The van der Waals surface area contributed by atoms with Crippen LogP contribution in [0.25, 0.3) is 56.2 Å². The fraction of sp³-hybridized carbons (Fsp3) is 0.0800. The number of fused-ring (bicyclic) bond motifs is 4. The predicted molar refractivity (Wildman–Crippen MR) is 238 cm³/mol. The van der Waals surface area contributed by atoms with Gasteiger partial charge in [-0.2, -0.15) is 0 Å². The molecule has 0 fully saturated rings. The number of para-hydroxylation sites is 2. The molecule has 2 unspecified atom stereocenters. The van der Waals surface area contributed by atoms with Crippen molar-refractivity contribution in [3.8, 4) is 22.3 Å². The van der Waals surface area contributed by atoms with Gasteiger partial charge in [0.15, 0.2) is 0 Å². The summed E-state index contributed by atoms with van der Waals surface area (Å²) >= 11 is -5.48. The van der Waals surface area contributed by atoms with Crippen molar-refractivity contribution in [3.63, 3.8) is 0 Å². The Morgan fingerprint density at radius 3 is 1.34 bits per heavy atom. The monoisotopic (exact) mass is 855 g/mol. The Hall–Kier alpha value is -4.70. The summed E-state index contributed by atoms with van der Waals surface area (Å²) in [5, 5.41) is 4.83. The van der Waals surface area contributed by atoms with Crippen LogP contribution in [0.1, 0.15) is 43.4 Å². The number of nitrogens with zero attached hydrogens (tertiary/aromatic N) is 2. The molecule has 0 spiro atoms. The van der Waals surface area contributed by atoms with Crippen LogP contribution in [0, 0.1) is 0 Å². The number of hydrogen-bond acceptors (Lipinski definition) is 2. The average molecular weight is 858 g/mol. The number of rotatable bonds is 7. The van der Waals surface area contributed by atoms with Crippen molar-refractivity contribution < 1.29 is 15.6 Å². The van der Waals surface area contributed by atoms with E-state index in [1.165, 1.54) is 43.8 Å². The number of halogens is 2. The van der Waals surface area contributed by atoms with E-state index in [1.807, 2.05) is 24.5 Å². The van der Waals surface area contributed by atoms with E-state index in [0.29, 0.717) is 0 Å². The van der Waals surface area contributed by atoms with Crippen LogP contribution in [-0.4, -0.2) is 15.9 Å². The van der Waals surface area contributed by atoms with Crippen LogP contribution < -0.4 is 10.4 Å². The van der Waals surface area contributed by atoms with Gasteiger partial charge in [0.25, 0.3) is 0 Å². The summed E-state index contributed by atoms with van der Waals surface area (Å²) in [7, 11) is 18.3. The summed E-state index contributed by atoms with van der Waals surface area (Å²) in [6, 6.07) is 56.6. The molecular formula is C50H39Cl2N2SiZr. The quantitative estimate of drug-likeness (QED) is 0.149. The van der Waals surface area contributed by atoms with Gasteiger partial charge < -0.3 is 0 Å². The maximum atomic E-state index is 9.17. The molecule has 2 aliphatic rings. The zero-order chi connectivity index (χ0) is 38.0. The number of benzene rings is 6. The zero-order valence-electron chi connectivity index (χ0n) is 31.2. The minimum atomic E-state index is -5.48. The third-order valence-corrected chi connectivity index (χ3v) is 54.6. The van der Waals surface area contributed by atoms with E-state index in [4.69, 9.17) is 9.97 Å². The van der Waals surface area contributed by atoms with Crippen LogP contribution in [0.15, 0.2) is 181 Å². The minimum absolute atomic E-state index is 0.120. The summed E-state index contributed by atoms with van der Waals surface area (Å²) < 4.78 is -0.240. The van der Waals surface area contributed by atoms with E-state index < -0.39 is 21.5 Å². The normalized spacial score (nSPS) is 17.0. The first-order valence-electron chi connectivity index (χ1n) is 19.3. The van der Waals surface area contributed by atoms with Crippen LogP contribution >= 0.6 is 17.0 Å². The molecule has 2 nitrogen and oxygen atoms in total. The average Bonchev–Trinajstić information content (AvgIpc) is 3.78. The van der Waals surface area contributed by atoms with E-state index in [9.17, 15) is 17.0 Å². The van der Waals surface area contributed by atoms with E-state index in [1.54, 1.807) is 0 Å². The number of hydrogen-bond donors (Lipinski definition) is 0. The molecule has 0 saturated heterocycles. The topological polar surface area (TPSA) is 25.8 Å². The van der Waals surface area contributed by atoms with Crippen molar-refractivity contribution in [2.24, 2.45) is 0 Å². The van der Waals surface area contributed by atoms with Crippen molar-refractivity contribution in [1.82, 2.24) is 9.97 Å². The Bertz CT molecular complexity index is 2710. The predicted octanol–water partition coefficient (Wildman–Crippen LogP) is 12.3. The zero-order valence-corrected chi connectivity index (χ0v) is 36.3. The third kappa shape index (κ3) is 5.60. The molecule has 0 bridgehead atoms. The van der Waals surface area contributed by atoms with Gasteiger partial charge in [-0.1, -0.05) is 0 Å². The number of allylic oxidation sites excluding steroid dienone is 2. The van der Waals surface area contributed by atoms with Crippen molar-refractivity contribution in [1.29, 1.82) is 0 Å². The van der Waals surface area contributed by atoms with Crippen LogP contribution in [0.5, 0.6) is 0 Å². The van der Waals surface area contributed by atoms with Gasteiger partial charge in [0.2, 0.25) is 0 Å². The number of aromatic nitrogens is 2. The maximum absolute atomic E-state index is 9.17. The van der Waals surface area contributed by atoms with Crippen LogP contribution in [0.2, 0.25) is 0 Å². The van der Waals surface area contributed by atoms with Crippen LogP contribution in [0.3, 0.4) is 0 Å². The summed E-state index contributed by atoms with van der Waals surface area (Å²) in [6.07, 6.45) is 8.79. The summed E-state index contributed by atoms with van der Waals surface area (Å²) in [5.41, 5.74) is 13.9. The van der Waals surface area contributed by atoms with Crippen molar-refractivity contribution in [2.75, 3.05) is 0 Å². The molecule has 2 atom stereocenters. The molecule has 56 heavy (non-hydrogen) atoms. The molecule has 0 radical (unpaired) electrons. The fourth-order valence-electron chi connectivity index (χ4n) is 10.1. The SMILES string of the molecule is CC1=Cc2c(-c3cnc4ccccc4c3)cccc2[CH]1[Zr]([Cl])([Cl])([CH]1C(C)=Cc2c(-c3cnc4ccccc4c3)cccc21)[SiH](c1ccccc1)c1ccccc1. The molecule has 0 aliphatic heterocycles. The molecular weight excluding hydrogens is 819 g/mol. The Morgan fingerprint density at radius 2 is 0.893 bits per heavy atom. The van der Waals surface area contributed by atoms with E-state index in [0.717, 1.165) is 44.1 Å². The second-order valence-corrected chi connectivity index (χ2v) is 53.7. The Kier molecular flexibility index (Phi) is 8.76. The van der Waals surface area contributed by atoms with Gasteiger partial charge in [-0.05, 0) is 0 Å². The van der Waals surface area contributed by atoms with E-state index in [2.05, 4.69) is 172 Å². The molecule has 10 rings (SSSR count). The van der Waals surface area contributed by atoms with Gasteiger partial charge in [0.1, 0.15) is 0 Å².